The molecule has 0 saturated carbocycles. The van der Waals surface area contributed by atoms with Gasteiger partial charge in [-0.05, 0) is 18.2 Å². The minimum atomic E-state index is -1.27. The molecule has 1 atom stereocenters. The molecule has 0 aromatic heterocycles. The van der Waals surface area contributed by atoms with Gasteiger partial charge in [0.15, 0.2) is 0 Å². The molecular weight excluding hydrogens is 293 g/mol. The lowest BCUT2D eigenvalue weighted by atomic mass is 10.2. The summed E-state index contributed by atoms with van der Waals surface area (Å²) in [6, 6.07) is 4.22. The van der Waals surface area contributed by atoms with E-state index < -0.39 is 18.0 Å². The van der Waals surface area contributed by atoms with Gasteiger partial charge in [0.2, 0.25) is 0 Å². The fourth-order valence-corrected chi connectivity index (χ4v) is 2.30. The zero-order valence-corrected chi connectivity index (χ0v) is 12.1. The second-order valence-electron chi connectivity index (χ2n) is 5.02. The van der Waals surface area contributed by atoms with Crippen LogP contribution in [-0.4, -0.2) is 61.8 Å². The highest BCUT2D eigenvalue weighted by atomic mass is 19.1. The van der Waals surface area contributed by atoms with Gasteiger partial charge >= 0.3 is 6.09 Å². The standard InChI is InChI=1S/C14H20FN3O4/c15-12-7-10(18(14(20)21)9-11(19)8-16)1-2-13(12)17-3-5-22-6-4-17/h1-2,7,11,19H,3-6,8-9,16H2,(H,20,21). The molecule has 22 heavy (non-hydrogen) atoms. The number of hydrogen-bond donors (Lipinski definition) is 3. The lowest BCUT2D eigenvalue weighted by Crippen LogP contribution is -2.40. The second kappa shape index (κ2) is 7.39. The molecule has 2 rings (SSSR count). The molecule has 0 spiro atoms. The molecular formula is C14H20FN3O4. The minimum absolute atomic E-state index is 0.0713. The van der Waals surface area contributed by atoms with E-state index in [9.17, 15) is 19.4 Å². The topological polar surface area (TPSA) is 99.3 Å². The first kappa shape index (κ1) is 16.5. The van der Waals surface area contributed by atoms with Crippen LogP contribution < -0.4 is 15.5 Å². The number of hydrogen-bond acceptors (Lipinski definition) is 5. The fraction of sp³-hybridized carbons (Fsp3) is 0.500. The van der Waals surface area contributed by atoms with E-state index in [0.717, 1.165) is 11.0 Å². The first-order valence-corrected chi connectivity index (χ1v) is 7.03. The quantitative estimate of drug-likeness (QED) is 0.731. The van der Waals surface area contributed by atoms with E-state index in [1.165, 1.54) is 6.07 Å². The summed E-state index contributed by atoms with van der Waals surface area (Å²) >= 11 is 0. The maximum absolute atomic E-state index is 14.3. The van der Waals surface area contributed by atoms with E-state index in [0.29, 0.717) is 32.0 Å². The molecule has 1 saturated heterocycles. The number of ether oxygens (including phenoxy) is 1. The molecule has 1 heterocycles. The third kappa shape index (κ3) is 3.85. The van der Waals surface area contributed by atoms with Gasteiger partial charge in [-0.15, -0.1) is 0 Å². The number of amides is 1. The predicted molar refractivity (Wildman–Crippen MR) is 79.9 cm³/mol. The number of benzene rings is 1. The van der Waals surface area contributed by atoms with Crippen LogP contribution in [0.4, 0.5) is 20.6 Å². The molecule has 1 fully saturated rings. The molecule has 122 valence electrons. The highest BCUT2D eigenvalue weighted by molar-refractivity contribution is 5.86. The lowest BCUT2D eigenvalue weighted by molar-refractivity contribution is 0.122. The molecule has 0 aliphatic carbocycles. The van der Waals surface area contributed by atoms with Crippen LogP contribution in [0, 0.1) is 5.82 Å². The van der Waals surface area contributed by atoms with Gasteiger partial charge in [-0.25, -0.2) is 9.18 Å². The van der Waals surface area contributed by atoms with Crippen LogP contribution in [-0.2, 0) is 4.74 Å². The normalized spacial score (nSPS) is 16.4. The van der Waals surface area contributed by atoms with Crippen LogP contribution in [0.15, 0.2) is 18.2 Å². The van der Waals surface area contributed by atoms with E-state index in [4.69, 9.17) is 10.5 Å². The molecule has 1 aliphatic heterocycles. The first-order chi connectivity index (χ1) is 10.5. The molecule has 0 bridgehead atoms. The van der Waals surface area contributed by atoms with Crippen molar-refractivity contribution in [2.45, 2.75) is 6.10 Å². The number of carbonyl (C=O) groups is 1. The summed E-state index contributed by atoms with van der Waals surface area (Å²) in [4.78, 5) is 14.0. The highest BCUT2D eigenvalue weighted by Crippen LogP contribution is 2.26. The fourth-order valence-electron chi connectivity index (χ4n) is 2.30. The second-order valence-corrected chi connectivity index (χ2v) is 5.02. The number of carboxylic acid groups (broad SMARTS) is 1. The Kier molecular flexibility index (Phi) is 5.53. The van der Waals surface area contributed by atoms with Crippen molar-refractivity contribution in [2.75, 3.05) is 49.2 Å². The van der Waals surface area contributed by atoms with Crippen molar-refractivity contribution in [1.29, 1.82) is 0 Å². The van der Waals surface area contributed by atoms with Crippen LogP contribution >= 0.6 is 0 Å². The summed E-state index contributed by atoms with van der Waals surface area (Å²) in [6.07, 6.45) is -2.27. The molecule has 1 amide bonds. The third-order valence-corrected chi connectivity index (χ3v) is 3.49. The average Bonchev–Trinajstić information content (AvgIpc) is 2.52. The van der Waals surface area contributed by atoms with E-state index in [1.54, 1.807) is 6.07 Å². The zero-order valence-electron chi connectivity index (χ0n) is 12.1. The van der Waals surface area contributed by atoms with Crippen LogP contribution in [0.25, 0.3) is 0 Å². The van der Waals surface area contributed by atoms with E-state index >= 15 is 0 Å². The van der Waals surface area contributed by atoms with Crippen LogP contribution in [0.2, 0.25) is 0 Å². The molecule has 7 nitrogen and oxygen atoms in total. The van der Waals surface area contributed by atoms with Gasteiger partial charge in [-0.3, -0.25) is 4.90 Å². The Labute approximate surface area is 127 Å². The monoisotopic (exact) mass is 313 g/mol. The molecule has 4 N–H and O–H groups in total. The number of aliphatic hydroxyl groups excluding tert-OH is 1. The molecule has 1 aromatic carbocycles. The maximum Gasteiger partial charge on any atom is 0.411 e. The lowest BCUT2D eigenvalue weighted by Gasteiger charge is -2.30. The van der Waals surface area contributed by atoms with E-state index in [-0.39, 0.29) is 18.8 Å². The van der Waals surface area contributed by atoms with Crippen molar-refractivity contribution < 1.29 is 24.1 Å². The molecule has 1 aromatic rings. The third-order valence-electron chi connectivity index (χ3n) is 3.49. The van der Waals surface area contributed by atoms with Gasteiger partial charge in [-0.1, -0.05) is 0 Å². The van der Waals surface area contributed by atoms with Gasteiger partial charge < -0.3 is 25.6 Å². The van der Waals surface area contributed by atoms with Crippen molar-refractivity contribution in [3.8, 4) is 0 Å². The number of nitrogens with zero attached hydrogens (tertiary/aromatic N) is 2. The average molecular weight is 313 g/mol. The summed E-state index contributed by atoms with van der Waals surface area (Å²) < 4.78 is 19.5. The number of anilines is 2. The number of halogens is 1. The van der Waals surface area contributed by atoms with Crippen molar-refractivity contribution in [3.05, 3.63) is 24.0 Å². The summed E-state index contributed by atoms with van der Waals surface area (Å²) in [5.41, 5.74) is 5.86. The Morgan fingerprint density at radius 1 is 1.45 bits per heavy atom. The van der Waals surface area contributed by atoms with Gasteiger partial charge in [0, 0.05) is 19.6 Å². The summed E-state index contributed by atoms with van der Waals surface area (Å²) in [5, 5.41) is 18.7. The number of nitrogens with two attached hydrogens (primary N) is 1. The van der Waals surface area contributed by atoms with Crippen molar-refractivity contribution in [2.24, 2.45) is 5.73 Å². The predicted octanol–water partition coefficient (Wildman–Crippen LogP) is 0.466. The Bertz CT molecular complexity index is 523. The van der Waals surface area contributed by atoms with Crippen molar-refractivity contribution >= 4 is 17.5 Å². The molecule has 1 unspecified atom stereocenters. The highest BCUT2D eigenvalue weighted by Gasteiger charge is 2.21. The van der Waals surface area contributed by atoms with Crippen molar-refractivity contribution in [3.63, 3.8) is 0 Å². The van der Waals surface area contributed by atoms with Crippen LogP contribution in [0.1, 0.15) is 0 Å². The maximum atomic E-state index is 14.3. The number of aliphatic hydroxyl groups is 1. The number of rotatable bonds is 5. The van der Waals surface area contributed by atoms with Crippen molar-refractivity contribution in [1.82, 2.24) is 0 Å². The number of morpholine rings is 1. The smallest absolute Gasteiger partial charge is 0.411 e. The van der Waals surface area contributed by atoms with Gasteiger partial charge in [0.25, 0.3) is 0 Å². The summed E-state index contributed by atoms with van der Waals surface area (Å²) in [5.74, 6) is -0.507. The first-order valence-electron chi connectivity index (χ1n) is 7.03. The zero-order chi connectivity index (χ0) is 16.1. The Balaban J connectivity index is 2.20. The van der Waals surface area contributed by atoms with Crippen LogP contribution in [0.5, 0.6) is 0 Å². The summed E-state index contributed by atoms with van der Waals surface area (Å²) in [6.45, 7) is 1.96. The SMILES string of the molecule is NCC(O)CN(C(=O)O)c1ccc(N2CCOCC2)c(F)c1. The van der Waals surface area contributed by atoms with Crippen LogP contribution in [0.3, 0.4) is 0 Å². The molecule has 0 radical (unpaired) electrons. The van der Waals surface area contributed by atoms with E-state index in [2.05, 4.69) is 0 Å². The Hall–Kier alpha value is -1.90. The largest absolute Gasteiger partial charge is 0.465 e. The molecule has 1 aliphatic rings. The van der Waals surface area contributed by atoms with Gasteiger partial charge in [-0.2, -0.15) is 0 Å². The van der Waals surface area contributed by atoms with E-state index in [1.807, 2.05) is 4.90 Å². The summed E-state index contributed by atoms with van der Waals surface area (Å²) in [7, 11) is 0. The van der Waals surface area contributed by atoms with Gasteiger partial charge in [0.05, 0.1) is 37.2 Å². The van der Waals surface area contributed by atoms with Gasteiger partial charge in [0.1, 0.15) is 5.82 Å². The molecule has 8 heteroatoms. The minimum Gasteiger partial charge on any atom is -0.465 e. The Morgan fingerprint density at radius 3 is 2.68 bits per heavy atom. The Morgan fingerprint density at radius 2 is 2.14 bits per heavy atom.